The fourth-order valence-electron chi connectivity index (χ4n) is 1.85. The number of carboxylic acid groups (broad SMARTS) is 1. The smallest absolute Gasteiger partial charge is 0.317 e. The van der Waals surface area contributed by atoms with Crippen LogP contribution in [0, 0.1) is 5.92 Å². The third-order valence-corrected chi connectivity index (χ3v) is 3.05. The lowest BCUT2D eigenvalue weighted by Gasteiger charge is -2.17. The molecule has 0 heterocycles. The van der Waals surface area contributed by atoms with Crippen LogP contribution in [0.5, 0.6) is 0 Å². The molecule has 0 saturated heterocycles. The zero-order valence-electron chi connectivity index (χ0n) is 8.82. The molecule has 1 aliphatic rings. The molecule has 0 spiro atoms. The highest BCUT2D eigenvalue weighted by atomic mass is 35.5. The molecule has 0 amide bonds. The molecule has 0 aromatic heterocycles. The maximum absolute atomic E-state index is 10.5. The van der Waals surface area contributed by atoms with Gasteiger partial charge in [0, 0.05) is 11.1 Å². The van der Waals surface area contributed by atoms with Gasteiger partial charge < -0.3 is 5.11 Å². The first kappa shape index (κ1) is 11.4. The lowest BCUT2D eigenvalue weighted by molar-refractivity contribution is -0.136. The van der Waals surface area contributed by atoms with Crippen molar-refractivity contribution >= 4 is 17.6 Å². The number of hydrogen-bond donors (Lipinski definition) is 2. The van der Waals surface area contributed by atoms with Gasteiger partial charge in [-0.2, -0.15) is 0 Å². The molecule has 2 N–H and O–H groups in total. The molecule has 1 aliphatic carbocycles. The molecule has 86 valence electrons. The Morgan fingerprint density at radius 3 is 2.56 bits per heavy atom. The second-order valence-corrected chi connectivity index (χ2v) is 4.58. The molecule has 1 fully saturated rings. The Labute approximate surface area is 99.4 Å². The van der Waals surface area contributed by atoms with Gasteiger partial charge in [0.2, 0.25) is 0 Å². The Morgan fingerprint density at radius 2 is 2.06 bits per heavy atom. The van der Waals surface area contributed by atoms with Crippen molar-refractivity contribution in [3.8, 4) is 0 Å². The minimum Gasteiger partial charge on any atom is -0.480 e. The summed E-state index contributed by atoms with van der Waals surface area (Å²) in [7, 11) is 0. The summed E-state index contributed by atoms with van der Waals surface area (Å²) < 4.78 is 0. The third-order valence-electron chi connectivity index (χ3n) is 2.80. The maximum Gasteiger partial charge on any atom is 0.317 e. The number of carboxylic acids is 1. The molecule has 0 aliphatic heterocycles. The SMILES string of the molecule is O=C(O)CNC(c1ccc(Cl)cc1)C1CC1. The average molecular weight is 240 g/mol. The molecule has 2 rings (SSSR count). The Bertz CT molecular complexity index is 373. The van der Waals surface area contributed by atoms with Gasteiger partial charge in [0.25, 0.3) is 0 Å². The van der Waals surface area contributed by atoms with Crippen molar-refractivity contribution < 1.29 is 9.90 Å². The van der Waals surface area contributed by atoms with Crippen molar-refractivity contribution in [1.82, 2.24) is 5.32 Å². The molecule has 3 nitrogen and oxygen atoms in total. The zero-order chi connectivity index (χ0) is 11.5. The van der Waals surface area contributed by atoms with Crippen molar-refractivity contribution in [3.05, 3.63) is 34.9 Å². The number of benzene rings is 1. The van der Waals surface area contributed by atoms with Crippen LogP contribution in [-0.2, 0) is 4.79 Å². The molecular weight excluding hydrogens is 226 g/mol. The first-order valence-electron chi connectivity index (χ1n) is 5.37. The Balaban J connectivity index is 2.06. The van der Waals surface area contributed by atoms with E-state index in [1.165, 1.54) is 12.8 Å². The van der Waals surface area contributed by atoms with Gasteiger partial charge in [-0.15, -0.1) is 0 Å². The van der Waals surface area contributed by atoms with Crippen molar-refractivity contribution in [1.29, 1.82) is 0 Å². The van der Waals surface area contributed by atoms with Gasteiger partial charge >= 0.3 is 5.97 Å². The lowest BCUT2D eigenvalue weighted by atomic mass is 10.0. The van der Waals surface area contributed by atoms with Gasteiger partial charge in [0.1, 0.15) is 0 Å². The van der Waals surface area contributed by atoms with Crippen LogP contribution in [-0.4, -0.2) is 17.6 Å². The highest BCUT2D eigenvalue weighted by Crippen LogP contribution is 2.41. The average Bonchev–Trinajstić information content (AvgIpc) is 3.04. The summed E-state index contributed by atoms with van der Waals surface area (Å²) in [5, 5.41) is 12.5. The minimum absolute atomic E-state index is 0.00376. The number of hydrogen-bond acceptors (Lipinski definition) is 2. The van der Waals surface area contributed by atoms with E-state index < -0.39 is 5.97 Å². The van der Waals surface area contributed by atoms with Crippen LogP contribution >= 0.6 is 11.6 Å². The van der Waals surface area contributed by atoms with Gasteiger partial charge in [-0.1, -0.05) is 23.7 Å². The van der Waals surface area contributed by atoms with Crippen molar-refractivity contribution in [2.45, 2.75) is 18.9 Å². The predicted molar refractivity (Wildman–Crippen MR) is 62.6 cm³/mol. The highest BCUT2D eigenvalue weighted by molar-refractivity contribution is 6.30. The topological polar surface area (TPSA) is 49.3 Å². The molecule has 1 aromatic rings. The van der Waals surface area contributed by atoms with E-state index in [2.05, 4.69) is 5.32 Å². The quantitative estimate of drug-likeness (QED) is 0.830. The molecule has 1 unspecified atom stereocenters. The summed E-state index contributed by atoms with van der Waals surface area (Å²) in [4.78, 5) is 10.5. The molecule has 0 radical (unpaired) electrons. The summed E-state index contributed by atoms with van der Waals surface area (Å²) in [6, 6.07) is 7.75. The summed E-state index contributed by atoms with van der Waals surface area (Å²) in [5.41, 5.74) is 1.12. The molecule has 1 saturated carbocycles. The molecule has 1 aromatic carbocycles. The monoisotopic (exact) mass is 239 g/mol. The highest BCUT2D eigenvalue weighted by Gasteiger charge is 2.32. The number of halogens is 1. The normalized spacial score (nSPS) is 17.1. The van der Waals surface area contributed by atoms with Crippen LogP contribution in [0.4, 0.5) is 0 Å². The second-order valence-electron chi connectivity index (χ2n) is 4.14. The van der Waals surface area contributed by atoms with E-state index in [9.17, 15) is 4.79 Å². The Hall–Kier alpha value is -1.06. The Morgan fingerprint density at radius 1 is 1.44 bits per heavy atom. The first-order valence-corrected chi connectivity index (χ1v) is 5.75. The molecule has 16 heavy (non-hydrogen) atoms. The van der Waals surface area contributed by atoms with Gasteiger partial charge in [0.05, 0.1) is 6.54 Å². The maximum atomic E-state index is 10.5. The predicted octanol–water partition coefficient (Wildman–Crippen LogP) is 2.47. The van der Waals surface area contributed by atoms with E-state index >= 15 is 0 Å². The van der Waals surface area contributed by atoms with E-state index in [4.69, 9.17) is 16.7 Å². The molecule has 4 heteroatoms. The van der Waals surface area contributed by atoms with Crippen molar-refractivity contribution in [2.24, 2.45) is 5.92 Å². The largest absolute Gasteiger partial charge is 0.480 e. The van der Waals surface area contributed by atoms with Crippen LogP contribution in [0.1, 0.15) is 24.4 Å². The van der Waals surface area contributed by atoms with Crippen LogP contribution in [0.25, 0.3) is 0 Å². The van der Waals surface area contributed by atoms with E-state index in [0.717, 1.165) is 5.56 Å². The number of rotatable bonds is 5. The second kappa shape index (κ2) is 4.85. The summed E-state index contributed by atoms with van der Waals surface area (Å²) in [6.07, 6.45) is 2.33. The van der Waals surface area contributed by atoms with E-state index in [-0.39, 0.29) is 12.6 Å². The van der Waals surface area contributed by atoms with Crippen LogP contribution in [0.3, 0.4) is 0 Å². The van der Waals surface area contributed by atoms with Gasteiger partial charge in [-0.05, 0) is 36.5 Å². The number of carbonyl (C=O) groups is 1. The molecular formula is C12H14ClNO2. The number of nitrogens with one attached hydrogen (secondary N) is 1. The van der Waals surface area contributed by atoms with Crippen LogP contribution in [0.15, 0.2) is 24.3 Å². The lowest BCUT2D eigenvalue weighted by Crippen LogP contribution is -2.28. The third kappa shape index (κ3) is 2.97. The van der Waals surface area contributed by atoms with Gasteiger partial charge in [-0.3, -0.25) is 10.1 Å². The fraction of sp³-hybridized carbons (Fsp3) is 0.417. The first-order chi connectivity index (χ1) is 7.66. The van der Waals surface area contributed by atoms with Gasteiger partial charge in [0.15, 0.2) is 0 Å². The van der Waals surface area contributed by atoms with Gasteiger partial charge in [-0.25, -0.2) is 0 Å². The number of aliphatic carboxylic acids is 1. The van der Waals surface area contributed by atoms with E-state index in [1.807, 2.05) is 24.3 Å². The van der Waals surface area contributed by atoms with Crippen LogP contribution < -0.4 is 5.32 Å². The Kier molecular flexibility index (Phi) is 3.46. The fourth-order valence-corrected chi connectivity index (χ4v) is 1.98. The van der Waals surface area contributed by atoms with E-state index in [0.29, 0.717) is 10.9 Å². The summed E-state index contributed by atoms with van der Waals surface area (Å²) in [5.74, 6) is -0.250. The van der Waals surface area contributed by atoms with Crippen molar-refractivity contribution in [3.63, 3.8) is 0 Å². The standard InChI is InChI=1S/C12H14ClNO2/c13-10-5-3-9(4-6-10)12(8-1-2-8)14-7-11(15)16/h3-6,8,12,14H,1-2,7H2,(H,15,16). The van der Waals surface area contributed by atoms with Crippen LogP contribution in [0.2, 0.25) is 5.02 Å². The molecule has 0 bridgehead atoms. The zero-order valence-corrected chi connectivity index (χ0v) is 9.57. The minimum atomic E-state index is -0.820. The molecule has 1 atom stereocenters. The summed E-state index contributed by atoms with van der Waals surface area (Å²) >= 11 is 5.82. The van der Waals surface area contributed by atoms with Crippen molar-refractivity contribution in [2.75, 3.05) is 6.54 Å². The summed E-state index contributed by atoms with van der Waals surface area (Å²) in [6.45, 7) is 0.00376. The van der Waals surface area contributed by atoms with E-state index in [1.54, 1.807) is 0 Å².